The number of fused-ring (bicyclic) bond motifs is 1. The van der Waals surface area contributed by atoms with E-state index < -0.39 is 22.0 Å². The van der Waals surface area contributed by atoms with Gasteiger partial charge in [0.15, 0.2) is 6.10 Å². The molecule has 1 N–H and O–H groups in total. The lowest BCUT2D eigenvalue weighted by molar-refractivity contribution is -0.122. The maximum atomic E-state index is 13.4. The Morgan fingerprint density at radius 2 is 1.78 bits per heavy atom. The zero-order chi connectivity index (χ0) is 22.7. The Balaban J connectivity index is 1.65. The second-order valence-electron chi connectivity index (χ2n) is 6.98. The number of anilines is 2. The summed E-state index contributed by atoms with van der Waals surface area (Å²) in [7, 11) is -3.94. The molecule has 1 amide bonds. The number of benzene rings is 3. The highest BCUT2D eigenvalue weighted by atomic mass is 35.5. The molecule has 9 heteroatoms. The van der Waals surface area contributed by atoms with Gasteiger partial charge in [0.25, 0.3) is 15.9 Å². The number of carbonyl (C=O) groups excluding carboxylic acids is 1. The fraction of sp³-hybridized carbons (Fsp3) is 0.174. The van der Waals surface area contributed by atoms with Crippen LogP contribution >= 0.6 is 23.4 Å². The van der Waals surface area contributed by atoms with Crippen LogP contribution in [0.15, 0.2) is 82.6 Å². The molecule has 1 aliphatic heterocycles. The highest BCUT2D eigenvalue weighted by Crippen LogP contribution is 2.37. The molecule has 0 unspecified atom stereocenters. The van der Waals surface area contributed by atoms with Crippen LogP contribution in [0.1, 0.15) is 6.92 Å². The summed E-state index contributed by atoms with van der Waals surface area (Å²) in [6.45, 7) is 1.88. The molecule has 1 heterocycles. The largest absolute Gasteiger partial charge is 0.476 e. The van der Waals surface area contributed by atoms with E-state index in [0.717, 1.165) is 10.6 Å². The average molecular weight is 489 g/mol. The van der Waals surface area contributed by atoms with E-state index in [1.165, 1.54) is 28.6 Å². The number of rotatable bonds is 6. The van der Waals surface area contributed by atoms with Crippen LogP contribution in [0, 0.1) is 0 Å². The van der Waals surface area contributed by atoms with Gasteiger partial charge >= 0.3 is 0 Å². The molecule has 3 aromatic carbocycles. The van der Waals surface area contributed by atoms with Crippen molar-refractivity contribution in [3.63, 3.8) is 0 Å². The first-order valence-corrected chi connectivity index (χ1v) is 12.8. The summed E-state index contributed by atoms with van der Waals surface area (Å²) in [6.07, 6.45) is -1.02. The van der Waals surface area contributed by atoms with Crippen LogP contribution in [0.25, 0.3) is 0 Å². The summed E-state index contributed by atoms with van der Waals surface area (Å²) in [4.78, 5) is 14.1. The summed E-state index contributed by atoms with van der Waals surface area (Å²) < 4.78 is 34.0. The Hall–Kier alpha value is -2.68. The Kier molecular flexibility index (Phi) is 6.64. The summed E-state index contributed by atoms with van der Waals surface area (Å²) >= 11 is 7.53. The fourth-order valence-electron chi connectivity index (χ4n) is 3.36. The van der Waals surface area contributed by atoms with Gasteiger partial charge in [0, 0.05) is 9.92 Å². The van der Waals surface area contributed by atoms with Gasteiger partial charge in [0.2, 0.25) is 0 Å². The van der Waals surface area contributed by atoms with Crippen LogP contribution in [0.5, 0.6) is 5.75 Å². The third kappa shape index (κ3) is 4.57. The molecule has 0 saturated heterocycles. The van der Waals surface area contributed by atoms with Crippen molar-refractivity contribution in [2.75, 3.05) is 21.9 Å². The van der Waals surface area contributed by atoms with Crippen molar-refractivity contribution in [3.8, 4) is 5.75 Å². The number of halogens is 1. The van der Waals surface area contributed by atoms with Gasteiger partial charge in [-0.25, -0.2) is 8.42 Å². The van der Waals surface area contributed by atoms with Gasteiger partial charge in [0.05, 0.1) is 22.8 Å². The van der Waals surface area contributed by atoms with Gasteiger partial charge in [-0.2, -0.15) is 0 Å². The number of nitrogens with one attached hydrogen (secondary N) is 1. The number of hydrogen-bond acceptors (Lipinski definition) is 5. The highest BCUT2D eigenvalue weighted by molar-refractivity contribution is 7.99. The molecule has 32 heavy (non-hydrogen) atoms. The molecule has 1 atom stereocenters. The number of sulfonamides is 1. The summed E-state index contributed by atoms with van der Waals surface area (Å²) in [5.41, 5.74) is 1.05. The van der Waals surface area contributed by atoms with Crippen LogP contribution in [0.2, 0.25) is 5.02 Å². The Labute approximate surface area is 196 Å². The van der Waals surface area contributed by atoms with Crippen molar-refractivity contribution in [3.05, 3.63) is 77.8 Å². The van der Waals surface area contributed by atoms with Gasteiger partial charge in [-0.05, 0) is 54.3 Å². The maximum Gasteiger partial charge on any atom is 0.267 e. The van der Waals surface area contributed by atoms with E-state index >= 15 is 0 Å². The first-order chi connectivity index (χ1) is 15.4. The minimum atomic E-state index is -3.94. The number of amides is 1. The van der Waals surface area contributed by atoms with Crippen molar-refractivity contribution in [1.29, 1.82) is 0 Å². The zero-order valence-electron chi connectivity index (χ0n) is 17.2. The molecular weight excluding hydrogens is 468 g/mol. The Bertz CT molecular complexity index is 1230. The zero-order valence-corrected chi connectivity index (χ0v) is 19.6. The molecule has 0 aromatic heterocycles. The molecule has 0 bridgehead atoms. The van der Waals surface area contributed by atoms with Crippen LogP contribution in [-0.4, -0.2) is 32.7 Å². The van der Waals surface area contributed by atoms with Crippen LogP contribution in [0.3, 0.4) is 0 Å². The smallest absolute Gasteiger partial charge is 0.267 e. The van der Waals surface area contributed by atoms with E-state index in [1.54, 1.807) is 36.0 Å². The van der Waals surface area contributed by atoms with E-state index in [4.69, 9.17) is 16.3 Å². The molecular formula is C23H21ClN2O4S2. The first-order valence-electron chi connectivity index (χ1n) is 9.97. The predicted molar refractivity (Wildman–Crippen MR) is 128 cm³/mol. The Morgan fingerprint density at radius 3 is 2.53 bits per heavy atom. The monoisotopic (exact) mass is 488 g/mol. The maximum absolute atomic E-state index is 13.4. The van der Waals surface area contributed by atoms with Crippen molar-refractivity contribution in [1.82, 2.24) is 0 Å². The number of ether oxygens (including phenoxy) is 1. The van der Waals surface area contributed by atoms with Crippen molar-refractivity contribution < 1.29 is 17.9 Å². The van der Waals surface area contributed by atoms with Gasteiger partial charge in [-0.1, -0.05) is 42.8 Å². The minimum absolute atomic E-state index is 0.0856. The third-order valence-corrected chi connectivity index (χ3v) is 7.88. The van der Waals surface area contributed by atoms with Crippen molar-refractivity contribution >= 4 is 50.7 Å². The van der Waals surface area contributed by atoms with Gasteiger partial charge < -0.3 is 10.1 Å². The molecule has 0 spiro atoms. The molecule has 3 aromatic rings. The summed E-state index contributed by atoms with van der Waals surface area (Å²) in [6, 6.07) is 20.2. The number of thioether (sulfide) groups is 1. The summed E-state index contributed by atoms with van der Waals surface area (Å²) in [5.74, 6) is 0.764. The van der Waals surface area contributed by atoms with Gasteiger partial charge in [0.1, 0.15) is 5.75 Å². The van der Waals surface area contributed by atoms with E-state index in [0.29, 0.717) is 22.1 Å². The Morgan fingerprint density at radius 1 is 1.09 bits per heavy atom. The number of hydrogen-bond donors (Lipinski definition) is 1. The first kappa shape index (κ1) is 22.5. The number of nitrogens with zero attached hydrogens (tertiary/aromatic N) is 1. The summed E-state index contributed by atoms with van der Waals surface area (Å²) in [5, 5.41) is 3.33. The van der Waals surface area contributed by atoms with Gasteiger partial charge in [-0.3, -0.25) is 9.10 Å². The lowest BCUT2D eigenvalue weighted by atomic mass is 10.2. The van der Waals surface area contributed by atoms with Gasteiger partial charge in [-0.15, -0.1) is 11.8 Å². The fourth-order valence-corrected chi connectivity index (χ4v) is 5.73. The van der Waals surface area contributed by atoms with Crippen LogP contribution in [0.4, 0.5) is 11.4 Å². The average Bonchev–Trinajstić information content (AvgIpc) is 2.80. The second-order valence-corrected chi connectivity index (χ2v) is 10.6. The molecule has 0 radical (unpaired) electrons. The van der Waals surface area contributed by atoms with Crippen molar-refractivity contribution in [2.45, 2.75) is 22.8 Å². The van der Waals surface area contributed by atoms with Crippen LogP contribution in [-0.2, 0) is 14.8 Å². The quantitative estimate of drug-likeness (QED) is 0.491. The lowest BCUT2D eigenvalue weighted by Crippen LogP contribution is -2.48. The molecule has 1 aliphatic rings. The van der Waals surface area contributed by atoms with Crippen molar-refractivity contribution in [2.24, 2.45) is 0 Å². The molecule has 6 nitrogen and oxygen atoms in total. The number of carbonyl (C=O) groups is 1. The van der Waals surface area contributed by atoms with Crippen LogP contribution < -0.4 is 14.4 Å². The van der Waals surface area contributed by atoms with E-state index in [1.807, 2.05) is 31.2 Å². The molecule has 166 valence electrons. The predicted octanol–water partition coefficient (Wildman–Crippen LogP) is 5.05. The second kappa shape index (κ2) is 9.44. The van der Waals surface area contributed by atoms with E-state index in [2.05, 4.69) is 5.32 Å². The number of para-hydroxylation sites is 3. The topological polar surface area (TPSA) is 75.7 Å². The molecule has 0 aliphatic carbocycles. The SMILES string of the molecule is CCSc1ccccc1NC(=O)[C@@H]1CN(S(=O)(=O)c2ccc(Cl)cc2)c2ccccc2O1. The molecule has 0 saturated carbocycles. The molecule has 0 fully saturated rings. The third-order valence-electron chi connectivity index (χ3n) is 4.87. The normalized spacial score (nSPS) is 15.6. The van der Waals surface area contributed by atoms with E-state index in [9.17, 15) is 13.2 Å². The lowest BCUT2D eigenvalue weighted by Gasteiger charge is -2.34. The standard InChI is InChI=1S/C23H21ClN2O4S2/c1-2-31-22-10-6-3-7-18(22)25-23(27)21-15-26(19-8-4-5-9-20(19)30-21)32(28,29)17-13-11-16(24)12-14-17/h3-14,21H,2,15H2,1H3,(H,25,27)/t21-/m0/s1. The minimum Gasteiger partial charge on any atom is -0.476 e. The highest BCUT2D eigenvalue weighted by Gasteiger charge is 2.37. The molecule has 4 rings (SSSR count). The van der Waals surface area contributed by atoms with E-state index in [-0.39, 0.29) is 11.4 Å².